The van der Waals surface area contributed by atoms with Gasteiger partial charge in [-0.25, -0.2) is 0 Å². The van der Waals surface area contributed by atoms with Crippen LogP contribution in [0.3, 0.4) is 0 Å². The van der Waals surface area contributed by atoms with E-state index < -0.39 is 0 Å². The molecule has 0 saturated carbocycles. The largest absolute Gasteiger partial charge is 0.298 e. The first-order valence-electron chi connectivity index (χ1n) is 6.94. The lowest BCUT2D eigenvalue weighted by Gasteiger charge is -2.19. The van der Waals surface area contributed by atoms with Crippen LogP contribution < -0.4 is 0 Å². The number of carbonyl (C=O) groups excluding carboxylic acids is 1. The first kappa shape index (κ1) is 13.8. The van der Waals surface area contributed by atoms with Crippen molar-refractivity contribution >= 4 is 16.6 Å². The molecule has 0 saturated heterocycles. The molecule has 0 amide bonds. The Kier molecular flexibility index (Phi) is 4.69. The highest BCUT2D eigenvalue weighted by molar-refractivity contribution is 5.83. The van der Waals surface area contributed by atoms with Crippen molar-refractivity contribution in [3.05, 3.63) is 48.0 Å². The predicted molar refractivity (Wildman–Crippen MR) is 80.2 cm³/mol. The van der Waals surface area contributed by atoms with Crippen molar-refractivity contribution in [2.75, 3.05) is 13.1 Å². The molecule has 0 unspecified atom stereocenters. The van der Waals surface area contributed by atoms with Crippen molar-refractivity contribution < 1.29 is 4.79 Å². The van der Waals surface area contributed by atoms with Crippen molar-refractivity contribution in [1.82, 2.24) is 4.90 Å². The molecule has 0 aromatic heterocycles. The van der Waals surface area contributed by atoms with E-state index in [2.05, 4.69) is 54.3 Å². The zero-order valence-electron chi connectivity index (χ0n) is 11.7. The first-order valence-corrected chi connectivity index (χ1v) is 6.94. The molecular weight excluding hydrogens is 234 g/mol. The van der Waals surface area contributed by atoms with Gasteiger partial charge in [-0.3, -0.25) is 9.69 Å². The average molecular weight is 255 g/mol. The Hall–Kier alpha value is -1.67. The Morgan fingerprint density at radius 3 is 2.47 bits per heavy atom. The molecule has 0 bridgehead atoms. The number of hydrogen-bond acceptors (Lipinski definition) is 2. The molecule has 2 heteroatoms. The fraction of sp³-hybridized carbons (Fsp3) is 0.353. The molecule has 0 N–H and O–H groups in total. The van der Waals surface area contributed by atoms with Gasteiger partial charge in [0.2, 0.25) is 0 Å². The SMILES string of the molecule is CCC(=O)CN(CC)Cc1ccc2ccccc2c1. The smallest absolute Gasteiger partial charge is 0.146 e. The van der Waals surface area contributed by atoms with Gasteiger partial charge in [-0.1, -0.05) is 50.2 Å². The summed E-state index contributed by atoms with van der Waals surface area (Å²) in [5, 5.41) is 2.52. The Morgan fingerprint density at radius 2 is 1.79 bits per heavy atom. The Balaban J connectivity index is 2.12. The van der Waals surface area contributed by atoms with Crippen molar-refractivity contribution in [3.63, 3.8) is 0 Å². The molecule has 2 rings (SSSR count). The molecule has 19 heavy (non-hydrogen) atoms. The first-order chi connectivity index (χ1) is 9.22. The molecule has 100 valence electrons. The van der Waals surface area contributed by atoms with E-state index in [9.17, 15) is 4.79 Å². The number of rotatable bonds is 6. The number of benzene rings is 2. The molecular formula is C17H21NO. The van der Waals surface area contributed by atoms with Gasteiger partial charge in [0.1, 0.15) is 5.78 Å². The standard InChI is InChI=1S/C17H21NO/c1-3-17(19)13-18(4-2)12-14-9-10-15-7-5-6-8-16(15)11-14/h5-11H,3-4,12-13H2,1-2H3. The number of carbonyl (C=O) groups is 1. The summed E-state index contributed by atoms with van der Waals surface area (Å²) >= 11 is 0. The van der Waals surface area contributed by atoms with E-state index in [-0.39, 0.29) is 0 Å². The quantitative estimate of drug-likeness (QED) is 0.785. The maximum Gasteiger partial charge on any atom is 0.146 e. The topological polar surface area (TPSA) is 20.3 Å². The van der Waals surface area contributed by atoms with Crippen LogP contribution in [0.15, 0.2) is 42.5 Å². The summed E-state index contributed by atoms with van der Waals surface area (Å²) in [5.74, 6) is 0.308. The highest BCUT2D eigenvalue weighted by Crippen LogP contribution is 2.16. The van der Waals surface area contributed by atoms with Crippen LogP contribution in [-0.2, 0) is 11.3 Å². The molecule has 2 nitrogen and oxygen atoms in total. The van der Waals surface area contributed by atoms with Crippen LogP contribution in [0.2, 0.25) is 0 Å². The number of likely N-dealkylation sites (N-methyl/N-ethyl adjacent to an activating group) is 1. The van der Waals surface area contributed by atoms with E-state index in [0.717, 1.165) is 13.1 Å². The van der Waals surface area contributed by atoms with Gasteiger partial charge in [0.15, 0.2) is 0 Å². The summed E-state index contributed by atoms with van der Waals surface area (Å²) in [6.07, 6.45) is 0.619. The van der Waals surface area contributed by atoms with Crippen LogP contribution in [-0.4, -0.2) is 23.8 Å². The van der Waals surface area contributed by atoms with Crippen molar-refractivity contribution in [2.24, 2.45) is 0 Å². The molecule has 2 aromatic rings. The van der Waals surface area contributed by atoms with Crippen molar-refractivity contribution in [2.45, 2.75) is 26.8 Å². The number of nitrogens with zero attached hydrogens (tertiary/aromatic N) is 1. The summed E-state index contributed by atoms with van der Waals surface area (Å²) in [5.41, 5.74) is 1.27. The number of Topliss-reactive ketones (excluding diaryl/α,β-unsaturated/α-hetero) is 1. The van der Waals surface area contributed by atoms with Gasteiger partial charge >= 0.3 is 0 Å². The maximum atomic E-state index is 11.5. The van der Waals surface area contributed by atoms with Gasteiger partial charge in [-0.05, 0) is 28.9 Å². The predicted octanol–water partition coefficient (Wildman–Crippen LogP) is 3.64. The van der Waals surface area contributed by atoms with Gasteiger partial charge in [-0.15, -0.1) is 0 Å². The fourth-order valence-electron chi connectivity index (χ4n) is 2.24. The van der Waals surface area contributed by atoms with Crippen molar-refractivity contribution in [1.29, 1.82) is 0 Å². The summed E-state index contributed by atoms with van der Waals surface area (Å²) in [6, 6.07) is 14.9. The number of fused-ring (bicyclic) bond motifs is 1. The molecule has 0 radical (unpaired) electrons. The third kappa shape index (κ3) is 3.65. The Labute approximate surface area is 115 Å². The zero-order chi connectivity index (χ0) is 13.7. The van der Waals surface area contributed by atoms with E-state index >= 15 is 0 Å². The summed E-state index contributed by atoms with van der Waals surface area (Å²) in [7, 11) is 0. The van der Waals surface area contributed by atoms with Crippen LogP contribution in [0.5, 0.6) is 0 Å². The van der Waals surface area contributed by atoms with E-state index in [4.69, 9.17) is 0 Å². The lowest BCUT2D eigenvalue weighted by Crippen LogP contribution is -2.28. The molecule has 0 aliphatic carbocycles. The molecule has 0 aliphatic rings. The van der Waals surface area contributed by atoms with Gasteiger partial charge in [0.05, 0.1) is 6.54 Å². The van der Waals surface area contributed by atoms with Crippen LogP contribution in [0.4, 0.5) is 0 Å². The van der Waals surface area contributed by atoms with Gasteiger partial charge < -0.3 is 0 Å². The number of ketones is 1. The number of hydrogen-bond donors (Lipinski definition) is 0. The van der Waals surface area contributed by atoms with Crippen LogP contribution in [0.1, 0.15) is 25.8 Å². The highest BCUT2D eigenvalue weighted by Gasteiger charge is 2.08. The highest BCUT2D eigenvalue weighted by atomic mass is 16.1. The van der Waals surface area contributed by atoms with E-state index in [0.29, 0.717) is 18.7 Å². The minimum absolute atomic E-state index is 0.308. The van der Waals surface area contributed by atoms with Gasteiger partial charge in [-0.2, -0.15) is 0 Å². The second-order valence-electron chi connectivity index (χ2n) is 4.88. The summed E-state index contributed by atoms with van der Waals surface area (Å²) in [6.45, 7) is 6.32. The van der Waals surface area contributed by atoms with Gasteiger partial charge in [0.25, 0.3) is 0 Å². The second kappa shape index (κ2) is 6.48. The third-order valence-corrected chi connectivity index (χ3v) is 3.46. The molecule has 0 fully saturated rings. The van der Waals surface area contributed by atoms with Crippen molar-refractivity contribution in [3.8, 4) is 0 Å². The molecule has 0 heterocycles. The van der Waals surface area contributed by atoms with Crippen LogP contribution in [0, 0.1) is 0 Å². The lowest BCUT2D eigenvalue weighted by molar-refractivity contribution is -0.120. The average Bonchev–Trinajstić information content (AvgIpc) is 2.46. The Morgan fingerprint density at radius 1 is 1.05 bits per heavy atom. The second-order valence-corrected chi connectivity index (χ2v) is 4.88. The summed E-state index contributed by atoms with van der Waals surface area (Å²) in [4.78, 5) is 13.7. The van der Waals surface area contributed by atoms with E-state index in [1.807, 2.05) is 6.92 Å². The molecule has 0 spiro atoms. The van der Waals surface area contributed by atoms with Gasteiger partial charge in [0, 0.05) is 13.0 Å². The Bertz CT molecular complexity index is 562. The zero-order valence-corrected chi connectivity index (χ0v) is 11.7. The minimum Gasteiger partial charge on any atom is -0.298 e. The van der Waals surface area contributed by atoms with Crippen LogP contribution >= 0.6 is 0 Å². The third-order valence-electron chi connectivity index (χ3n) is 3.46. The van der Waals surface area contributed by atoms with E-state index in [1.54, 1.807) is 0 Å². The molecule has 0 atom stereocenters. The van der Waals surface area contributed by atoms with Crippen LogP contribution in [0.25, 0.3) is 10.8 Å². The maximum absolute atomic E-state index is 11.5. The fourth-order valence-corrected chi connectivity index (χ4v) is 2.24. The lowest BCUT2D eigenvalue weighted by atomic mass is 10.1. The summed E-state index contributed by atoms with van der Waals surface area (Å²) < 4.78 is 0. The minimum atomic E-state index is 0.308. The molecule has 2 aromatic carbocycles. The normalized spacial score (nSPS) is 11.1. The monoisotopic (exact) mass is 255 g/mol. The van der Waals surface area contributed by atoms with E-state index in [1.165, 1.54) is 16.3 Å². The molecule has 0 aliphatic heterocycles.